The Morgan fingerprint density at radius 3 is 2.49 bits per heavy atom. The zero-order chi connectivity index (χ0) is 44.5. The van der Waals surface area contributed by atoms with Crippen molar-refractivity contribution >= 4 is 53.2 Å². The Kier molecular flexibility index (Phi) is 13.3. The molecule has 2 amide bonds. The first-order valence-corrected chi connectivity index (χ1v) is 25.7. The molecule has 1 spiro atoms. The van der Waals surface area contributed by atoms with Crippen LogP contribution in [0.3, 0.4) is 0 Å². The lowest BCUT2D eigenvalue weighted by Crippen LogP contribution is -2.49. The van der Waals surface area contributed by atoms with Crippen molar-refractivity contribution in [2.45, 2.75) is 94.9 Å². The molecule has 2 unspecified atom stereocenters. The van der Waals surface area contributed by atoms with Crippen LogP contribution >= 0.6 is 15.9 Å². The van der Waals surface area contributed by atoms with Crippen LogP contribution in [0.4, 0.5) is 21.2 Å². The molecule has 0 aliphatic carbocycles. The Morgan fingerprint density at radius 1 is 1.02 bits per heavy atom. The summed E-state index contributed by atoms with van der Waals surface area (Å²) in [7, 11) is -3.42. The summed E-state index contributed by atoms with van der Waals surface area (Å²) in [5.74, 6) is -0.346. The minimum Gasteiger partial charge on any atom is -0.494 e. The number of nitrogens with one attached hydrogen (secondary N) is 1. The molecule has 0 radical (unpaired) electrons. The van der Waals surface area contributed by atoms with Gasteiger partial charge in [-0.1, -0.05) is 70.5 Å². The van der Waals surface area contributed by atoms with Crippen LogP contribution in [0.5, 0.6) is 5.75 Å². The van der Waals surface area contributed by atoms with Gasteiger partial charge < -0.3 is 34.0 Å². The minimum atomic E-state index is -3.42. The summed E-state index contributed by atoms with van der Waals surface area (Å²) in [5, 5.41) is 31.7. The van der Waals surface area contributed by atoms with Crippen LogP contribution < -0.4 is 19.9 Å². The zero-order valence-electron chi connectivity index (χ0n) is 36.2. The minimum absolute atomic E-state index is 0.0683. The highest BCUT2D eigenvalue weighted by atomic mass is 79.9. The molecule has 0 saturated carbocycles. The van der Waals surface area contributed by atoms with Crippen molar-refractivity contribution in [2.24, 2.45) is 5.92 Å². The fraction of sp³-hybridized carbons (Fsp3) is 0.417. The van der Waals surface area contributed by atoms with E-state index in [1.165, 1.54) is 0 Å². The quantitative estimate of drug-likeness (QED) is 0.0482. The number of hydrogen-bond acceptors (Lipinski definition) is 9. The van der Waals surface area contributed by atoms with Crippen molar-refractivity contribution in [1.29, 1.82) is 0 Å². The van der Waals surface area contributed by atoms with Gasteiger partial charge in [0.25, 0.3) is 5.91 Å². The molecule has 0 bridgehead atoms. The number of halogens is 2. The second-order valence-electron chi connectivity index (χ2n) is 17.4. The van der Waals surface area contributed by atoms with Gasteiger partial charge >= 0.3 is 0 Å². The second-order valence-corrected chi connectivity index (χ2v) is 22.1. The van der Waals surface area contributed by atoms with E-state index in [0.29, 0.717) is 61.6 Å². The van der Waals surface area contributed by atoms with E-state index >= 15 is 8.90 Å². The number of nitrogens with zero attached hydrogens (tertiary/aromatic N) is 5. The van der Waals surface area contributed by atoms with Crippen molar-refractivity contribution in [3.8, 4) is 5.75 Å². The number of anilines is 3. The van der Waals surface area contributed by atoms with Gasteiger partial charge in [0.1, 0.15) is 5.75 Å². The molecule has 5 aromatic rings. The molecule has 63 heavy (non-hydrogen) atoms. The normalized spacial score (nSPS) is 22.5. The van der Waals surface area contributed by atoms with Crippen LogP contribution in [0.2, 0.25) is 18.6 Å². The molecule has 3 N–H and O–H groups in total. The van der Waals surface area contributed by atoms with Crippen molar-refractivity contribution in [3.63, 3.8) is 0 Å². The summed E-state index contributed by atoms with van der Waals surface area (Å²) < 4.78 is 32.0. The van der Waals surface area contributed by atoms with Crippen molar-refractivity contribution in [2.75, 3.05) is 36.2 Å². The summed E-state index contributed by atoms with van der Waals surface area (Å²) in [5.41, 5.74) is 4.45. The second kappa shape index (κ2) is 18.8. The Labute approximate surface area is 377 Å². The number of aliphatic hydroxyl groups is 2. The number of ether oxygens (including phenoxy) is 2. The summed E-state index contributed by atoms with van der Waals surface area (Å²) in [6.07, 6.45) is 3.59. The van der Waals surface area contributed by atoms with Gasteiger partial charge in [0, 0.05) is 46.5 Å². The number of aryl methyl sites for hydroxylation is 1. The van der Waals surface area contributed by atoms with Crippen LogP contribution in [-0.4, -0.2) is 83.9 Å². The largest absolute Gasteiger partial charge is 0.494 e. The molecule has 1 aromatic heterocycles. The van der Waals surface area contributed by atoms with Crippen molar-refractivity contribution in [1.82, 2.24) is 20.3 Å². The molecular formula is C48H56BrFN6O6Si. The van der Waals surface area contributed by atoms with Crippen LogP contribution in [-0.2, 0) is 39.4 Å². The number of unbranched alkanes of at least 4 members (excludes halogenated alkanes) is 1. The highest BCUT2D eigenvalue weighted by Gasteiger charge is 2.66. The number of carbonyl (C=O) groups is 2. The maximum Gasteiger partial charge on any atom is 0.264 e. The lowest BCUT2D eigenvalue weighted by Gasteiger charge is -2.35. The number of aliphatic hydroxyl groups excluding tert-OH is 2. The third-order valence-corrected chi connectivity index (χ3v) is 15.9. The average Bonchev–Trinajstić information content (AvgIpc) is 3.93. The molecule has 1 fully saturated rings. The summed E-state index contributed by atoms with van der Waals surface area (Å²) in [4.78, 5) is 32.8. The predicted octanol–water partition coefficient (Wildman–Crippen LogP) is 7.93. The van der Waals surface area contributed by atoms with Gasteiger partial charge in [-0.25, -0.2) is 0 Å². The summed E-state index contributed by atoms with van der Waals surface area (Å²) in [6, 6.07) is 28.5. The number of benzene rings is 4. The van der Waals surface area contributed by atoms with E-state index in [1.807, 2.05) is 111 Å². The van der Waals surface area contributed by atoms with Crippen LogP contribution in [0, 0.1) is 5.92 Å². The highest BCUT2D eigenvalue weighted by molar-refractivity contribution is 9.10. The number of carbonyl (C=O) groups excluding carboxylic acids is 2. The lowest BCUT2D eigenvalue weighted by molar-refractivity contribution is -0.146. The Balaban J connectivity index is 1.04. The summed E-state index contributed by atoms with van der Waals surface area (Å²) in [6.45, 7) is 9.04. The SMILES string of the molecule is CCOc1ccc2c(c1)CC(NCCCCO)C(=O)N2c1ccc(CN2C(=O)[C@@]3(O[C@@H](CCn4cc(C(CO)c5ccccc5)nn4)[C@H]([Si](C)(C)F)[C@H]3C)c3cc(Br)ccc32)cc1. The molecule has 8 rings (SSSR count). The molecule has 6 atom stereocenters. The molecule has 332 valence electrons. The number of amides is 2. The first kappa shape index (κ1) is 44.8. The number of rotatable bonds is 17. The van der Waals surface area contributed by atoms with Gasteiger partial charge in [0.2, 0.25) is 14.3 Å². The fourth-order valence-corrected chi connectivity index (χ4v) is 12.9. The van der Waals surface area contributed by atoms with Crippen LogP contribution in [0.1, 0.15) is 67.0 Å². The van der Waals surface area contributed by atoms with E-state index < -0.39 is 37.6 Å². The van der Waals surface area contributed by atoms with Gasteiger partial charge in [0.05, 0.1) is 54.9 Å². The van der Waals surface area contributed by atoms with Crippen molar-refractivity contribution < 1.29 is 33.4 Å². The molecule has 1 saturated heterocycles. The third kappa shape index (κ3) is 8.75. The lowest BCUT2D eigenvalue weighted by atomic mass is 9.82. The fourth-order valence-electron chi connectivity index (χ4n) is 10.00. The smallest absolute Gasteiger partial charge is 0.264 e. The molecule has 4 aromatic carbocycles. The van der Waals surface area contributed by atoms with E-state index in [0.717, 1.165) is 39.0 Å². The Bertz CT molecular complexity index is 2420. The first-order chi connectivity index (χ1) is 30.4. The molecule has 4 heterocycles. The van der Waals surface area contributed by atoms with Gasteiger partial charge in [0.15, 0.2) is 5.60 Å². The molecule has 15 heteroatoms. The molecule has 3 aliphatic rings. The van der Waals surface area contributed by atoms with Crippen LogP contribution in [0.15, 0.2) is 102 Å². The molecule has 3 aliphatic heterocycles. The number of hydrogen-bond donors (Lipinski definition) is 3. The van der Waals surface area contributed by atoms with Crippen molar-refractivity contribution in [3.05, 3.63) is 130 Å². The van der Waals surface area contributed by atoms with Gasteiger partial charge in [-0.15, -0.1) is 5.10 Å². The maximum atomic E-state index is 16.6. The average molecular weight is 940 g/mol. The maximum absolute atomic E-state index is 16.6. The zero-order valence-corrected chi connectivity index (χ0v) is 38.8. The number of aromatic nitrogens is 3. The summed E-state index contributed by atoms with van der Waals surface area (Å²) >= 11 is 3.65. The van der Waals surface area contributed by atoms with Gasteiger partial charge in [-0.3, -0.25) is 19.2 Å². The third-order valence-electron chi connectivity index (χ3n) is 12.9. The van der Waals surface area contributed by atoms with Crippen LogP contribution in [0.25, 0.3) is 0 Å². The van der Waals surface area contributed by atoms with E-state index in [4.69, 9.17) is 9.47 Å². The van der Waals surface area contributed by atoms with E-state index in [1.54, 1.807) is 27.6 Å². The first-order valence-electron chi connectivity index (χ1n) is 21.9. The number of fused-ring (bicyclic) bond motifs is 3. The van der Waals surface area contributed by atoms with E-state index in [9.17, 15) is 15.0 Å². The topological polar surface area (TPSA) is 142 Å². The standard InChI is InChI=1S/C48H56BrFN6O6Si/c1-5-61-37-18-20-42-34(25-37)26-40(51-22-9-10-24-57)46(59)56(42)36-16-13-32(14-17-36)28-55-43-19-15-35(49)27-39(43)48(47(55)60)31(2)45(63(3,4)50)44(62-48)21-23-54-29-41(52-53-54)38(30-58)33-11-7-6-8-12-33/h6-8,11-20,25,27,29,31,38,40,44-45,51,57-58H,5,9-10,21-24,26,28,30H2,1-4H3/t31-,38?,40?,44+,45-,48+/m1/s1. The van der Waals surface area contributed by atoms with E-state index in [-0.39, 0.29) is 37.5 Å². The Morgan fingerprint density at radius 2 is 1.78 bits per heavy atom. The van der Waals surface area contributed by atoms with Gasteiger partial charge in [-0.2, -0.15) is 0 Å². The molecular weight excluding hydrogens is 884 g/mol. The molecule has 12 nitrogen and oxygen atoms in total. The highest BCUT2D eigenvalue weighted by Crippen LogP contribution is 2.60. The monoisotopic (exact) mass is 938 g/mol. The Hall–Kier alpha value is -4.77. The van der Waals surface area contributed by atoms with Gasteiger partial charge in [-0.05, 0) is 117 Å². The predicted molar refractivity (Wildman–Crippen MR) is 246 cm³/mol. The van der Waals surface area contributed by atoms with E-state index in [2.05, 4.69) is 31.6 Å².